The molecule has 0 saturated carbocycles. The lowest BCUT2D eigenvalue weighted by atomic mass is 9.89. The second-order valence-corrected chi connectivity index (χ2v) is 5.95. The highest BCUT2D eigenvalue weighted by Crippen LogP contribution is 2.31. The molecule has 0 radical (unpaired) electrons. The third kappa shape index (κ3) is 2.15. The van der Waals surface area contributed by atoms with E-state index in [-0.39, 0.29) is 0 Å². The summed E-state index contributed by atoms with van der Waals surface area (Å²) in [6.07, 6.45) is 8.20. The van der Waals surface area contributed by atoms with Gasteiger partial charge in [-0.1, -0.05) is 25.1 Å². The molecule has 0 aliphatic heterocycles. The number of rotatable bonds is 2. The highest BCUT2D eigenvalue weighted by Gasteiger charge is 2.12. The topological polar surface area (TPSA) is 28.7 Å². The van der Waals surface area contributed by atoms with E-state index >= 15 is 0 Å². The summed E-state index contributed by atoms with van der Waals surface area (Å²) in [7, 11) is 0. The van der Waals surface area contributed by atoms with E-state index in [1.807, 2.05) is 0 Å². The number of aromatic nitrogens is 2. The molecule has 1 N–H and O–H groups in total. The maximum absolute atomic E-state index is 4.67. The van der Waals surface area contributed by atoms with Gasteiger partial charge in [0.2, 0.25) is 0 Å². The molecule has 0 saturated heterocycles. The Labute approximate surface area is 125 Å². The van der Waals surface area contributed by atoms with Crippen molar-refractivity contribution in [3.05, 3.63) is 53.3 Å². The first kappa shape index (κ1) is 12.6. The summed E-state index contributed by atoms with van der Waals surface area (Å²) in [5, 5.41) is 1.22. The van der Waals surface area contributed by atoms with E-state index in [0.717, 1.165) is 17.8 Å². The second kappa shape index (κ2) is 5.03. The Bertz CT molecular complexity index is 798. The lowest BCUT2D eigenvalue weighted by Gasteiger charge is -2.16. The summed E-state index contributed by atoms with van der Waals surface area (Å²) in [5.41, 5.74) is 7.80. The molecule has 106 valence electrons. The normalized spacial score (nSPS) is 14.3. The van der Waals surface area contributed by atoms with Crippen LogP contribution in [0.25, 0.3) is 22.2 Å². The van der Waals surface area contributed by atoms with Crippen LogP contribution in [0.3, 0.4) is 0 Å². The van der Waals surface area contributed by atoms with Gasteiger partial charge in [-0.05, 0) is 60.9 Å². The van der Waals surface area contributed by atoms with Crippen molar-refractivity contribution in [2.75, 3.05) is 0 Å². The van der Waals surface area contributed by atoms with Crippen LogP contribution in [0.1, 0.15) is 36.6 Å². The van der Waals surface area contributed by atoms with E-state index in [2.05, 4.69) is 53.4 Å². The summed E-state index contributed by atoms with van der Waals surface area (Å²) in [5.74, 6) is 0. The predicted octanol–water partition coefficient (Wildman–Crippen LogP) is 4.67. The highest BCUT2D eigenvalue weighted by atomic mass is 14.9. The Kier molecular flexibility index (Phi) is 3.03. The van der Waals surface area contributed by atoms with Gasteiger partial charge in [0.05, 0.1) is 0 Å². The Morgan fingerprint density at radius 1 is 1.05 bits per heavy atom. The number of pyridine rings is 1. The van der Waals surface area contributed by atoms with E-state index in [9.17, 15) is 0 Å². The van der Waals surface area contributed by atoms with Crippen molar-refractivity contribution >= 4 is 11.0 Å². The molecule has 0 bridgehead atoms. The number of fused-ring (bicyclic) bond motifs is 2. The van der Waals surface area contributed by atoms with E-state index in [1.165, 1.54) is 53.3 Å². The summed E-state index contributed by atoms with van der Waals surface area (Å²) in [4.78, 5) is 8.00. The predicted molar refractivity (Wildman–Crippen MR) is 87.5 cm³/mol. The molecule has 0 spiro atoms. The number of aryl methyl sites for hydroxylation is 3. The Balaban J connectivity index is 1.82. The van der Waals surface area contributed by atoms with Gasteiger partial charge >= 0.3 is 0 Å². The largest absolute Gasteiger partial charge is 0.346 e. The standard InChI is InChI=1S/C19H20N2/c1-2-16-9-10-17-18(12-20-19(17)21-16)15-8-7-13-5-3-4-6-14(13)11-15/h7-12H,2-6H2,1H3,(H,20,21). The molecule has 2 nitrogen and oxygen atoms in total. The van der Waals surface area contributed by atoms with Crippen LogP contribution in [-0.4, -0.2) is 9.97 Å². The number of aromatic amines is 1. The van der Waals surface area contributed by atoms with Crippen LogP contribution < -0.4 is 0 Å². The smallest absolute Gasteiger partial charge is 0.138 e. The molecule has 0 amide bonds. The van der Waals surface area contributed by atoms with Crippen LogP contribution in [0.2, 0.25) is 0 Å². The number of hydrogen-bond donors (Lipinski definition) is 1. The fraction of sp³-hybridized carbons (Fsp3) is 0.316. The van der Waals surface area contributed by atoms with Crippen LogP contribution >= 0.6 is 0 Å². The van der Waals surface area contributed by atoms with Gasteiger partial charge in [-0.15, -0.1) is 0 Å². The van der Waals surface area contributed by atoms with Crippen molar-refractivity contribution < 1.29 is 0 Å². The van der Waals surface area contributed by atoms with Crippen LogP contribution in [0.15, 0.2) is 36.5 Å². The zero-order chi connectivity index (χ0) is 14.2. The van der Waals surface area contributed by atoms with Gasteiger partial charge in [0.25, 0.3) is 0 Å². The van der Waals surface area contributed by atoms with Crippen LogP contribution in [-0.2, 0) is 19.3 Å². The summed E-state index contributed by atoms with van der Waals surface area (Å²) >= 11 is 0. The lowest BCUT2D eigenvalue weighted by molar-refractivity contribution is 0.686. The first-order chi connectivity index (χ1) is 10.3. The minimum Gasteiger partial charge on any atom is -0.346 e. The number of H-pyrrole nitrogens is 1. The molecule has 4 rings (SSSR count). The van der Waals surface area contributed by atoms with Crippen molar-refractivity contribution in [2.24, 2.45) is 0 Å². The molecule has 1 aliphatic carbocycles. The fourth-order valence-corrected chi connectivity index (χ4v) is 3.38. The molecule has 2 aromatic heterocycles. The Hall–Kier alpha value is -2.09. The van der Waals surface area contributed by atoms with E-state index in [0.29, 0.717) is 0 Å². The van der Waals surface area contributed by atoms with Crippen LogP contribution in [0.4, 0.5) is 0 Å². The van der Waals surface area contributed by atoms with Gasteiger partial charge in [-0.2, -0.15) is 0 Å². The van der Waals surface area contributed by atoms with Gasteiger partial charge in [-0.3, -0.25) is 0 Å². The first-order valence-electron chi connectivity index (χ1n) is 7.94. The molecule has 0 atom stereocenters. The molecule has 3 aromatic rings. The van der Waals surface area contributed by atoms with Crippen molar-refractivity contribution in [1.29, 1.82) is 0 Å². The minimum atomic E-state index is 0.975. The molecule has 0 unspecified atom stereocenters. The average molecular weight is 276 g/mol. The van der Waals surface area contributed by atoms with Gasteiger partial charge in [0.1, 0.15) is 5.65 Å². The second-order valence-electron chi connectivity index (χ2n) is 5.95. The third-order valence-corrected chi connectivity index (χ3v) is 4.62. The molecular formula is C19H20N2. The van der Waals surface area contributed by atoms with Gasteiger partial charge in [0.15, 0.2) is 0 Å². The van der Waals surface area contributed by atoms with Crippen LogP contribution in [0, 0.1) is 0 Å². The number of nitrogens with zero attached hydrogens (tertiary/aromatic N) is 1. The molecular weight excluding hydrogens is 256 g/mol. The molecule has 0 fully saturated rings. The maximum atomic E-state index is 4.67. The summed E-state index contributed by atoms with van der Waals surface area (Å²) < 4.78 is 0. The molecule has 1 aromatic carbocycles. The van der Waals surface area contributed by atoms with E-state index in [4.69, 9.17) is 0 Å². The monoisotopic (exact) mass is 276 g/mol. The zero-order valence-corrected chi connectivity index (χ0v) is 12.4. The zero-order valence-electron chi connectivity index (χ0n) is 12.4. The van der Waals surface area contributed by atoms with Crippen LogP contribution in [0.5, 0.6) is 0 Å². The van der Waals surface area contributed by atoms with E-state index < -0.39 is 0 Å². The Morgan fingerprint density at radius 3 is 2.76 bits per heavy atom. The van der Waals surface area contributed by atoms with Crippen molar-refractivity contribution in [3.63, 3.8) is 0 Å². The van der Waals surface area contributed by atoms with Crippen molar-refractivity contribution in [2.45, 2.75) is 39.0 Å². The van der Waals surface area contributed by atoms with Crippen molar-refractivity contribution in [1.82, 2.24) is 9.97 Å². The molecule has 21 heavy (non-hydrogen) atoms. The molecule has 2 heteroatoms. The SMILES string of the molecule is CCc1ccc2c(-c3ccc4c(c3)CCCC4)c[nH]c2n1. The molecule has 1 aliphatic rings. The first-order valence-corrected chi connectivity index (χ1v) is 7.94. The Morgan fingerprint density at radius 2 is 1.90 bits per heavy atom. The molecule has 2 heterocycles. The minimum absolute atomic E-state index is 0.975. The van der Waals surface area contributed by atoms with Gasteiger partial charge in [0, 0.05) is 22.8 Å². The van der Waals surface area contributed by atoms with Gasteiger partial charge < -0.3 is 4.98 Å². The number of nitrogens with one attached hydrogen (secondary N) is 1. The summed E-state index contributed by atoms with van der Waals surface area (Å²) in [6, 6.07) is 11.3. The maximum Gasteiger partial charge on any atom is 0.138 e. The average Bonchev–Trinajstić information content (AvgIpc) is 2.97. The lowest BCUT2D eigenvalue weighted by Crippen LogP contribution is -2.02. The summed E-state index contributed by atoms with van der Waals surface area (Å²) in [6.45, 7) is 2.14. The highest BCUT2D eigenvalue weighted by molar-refractivity contribution is 5.93. The fourth-order valence-electron chi connectivity index (χ4n) is 3.38. The number of benzene rings is 1. The third-order valence-electron chi connectivity index (χ3n) is 4.62. The quantitative estimate of drug-likeness (QED) is 0.724. The number of hydrogen-bond acceptors (Lipinski definition) is 1. The van der Waals surface area contributed by atoms with Gasteiger partial charge in [-0.25, -0.2) is 4.98 Å². The van der Waals surface area contributed by atoms with E-state index in [1.54, 1.807) is 0 Å². The van der Waals surface area contributed by atoms with Crippen molar-refractivity contribution in [3.8, 4) is 11.1 Å².